The van der Waals surface area contributed by atoms with Gasteiger partial charge in [0.1, 0.15) is 12.4 Å². The van der Waals surface area contributed by atoms with Gasteiger partial charge in [0.15, 0.2) is 0 Å². The van der Waals surface area contributed by atoms with Crippen LogP contribution in [0.4, 0.5) is 0 Å². The van der Waals surface area contributed by atoms with Gasteiger partial charge in [-0.05, 0) is 30.2 Å². The van der Waals surface area contributed by atoms with Gasteiger partial charge < -0.3 is 14.6 Å². The molecule has 0 saturated heterocycles. The van der Waals surface area contributed by atoms with Crippen molar-refractivity contribution in [1.82, 2.24) is 0 Å². The highest BCUT2D eigenvalue weighted by Crippen LogP contribution is 2.15. The summed E-state index contributed by atoms with van der Waals surface area (Å²) in [5.41, 5.74) is 0.906. The summed E-state index contributed by atoms with van der Waals surface area (Å²) < 4.78 is 10.6. The average Bonchev–Trinajstić information content (AvgIpc) is 2.75. The van der Waals surface area contributed by atoms with Crippen molar-refractivity contribution >= 4 is 12.0 Å². The second kappa shape index (κ2) is 18.2. The van der Waals surface area contributed by atoms with E-state index in [0.717, 1.165) is 24.3 Å². The number of unbranched alkanes of at least 4 members (excludes halogenated alkanes) is 11. The fourth-order valence-corrected chi connectivity index (χ4v) is 3.17. The fraction of sp³-hybridized carbons (Fsp3) is 0.640. The molecule has 1 aromatic carbocycles. The maximum absolute atomic E-state index is 11.3. The van der Waals surface area contributed by atoms with Crippen molar-refractivity contribution < 1.29 is 19.4 Å². The van der Waals surface area contributed by atoms with Crippen LogP contribution >= 0.6 is 0 Å². The summed E-state index contributed by atoms with van der Waals surface area (Å²) in [6, 6.07) is 7.65. The molecule has 29 heavy (non-hydrogen) atoms. The number of hydrogen-bond donors (Lipinski definition) is 1. The molecule has 0 fully saturated rings. The monoisotopic (exact) mass is 404 g/mol. The second-order valence-electron chi connectivity index (χ2n) is 7.53. The van der Waals surface area contributed by atoms with Crippen LogP contribution in [0, 0.1) is 0 Å². The van der Waals surface area contributed by atoms with Crippen LogP contribution in [0.15, 0.2) is 30.3 Å². The molecule has 0 aliphatic heterocycles. The zero-order valence-electron chi connectivity index (χ0n) is 18.2. The topological polar surface area (TPSA) is 55.8 Å². The molecular formula is C25H40O4. The third kappa shape index (κ3) is 14.8. The number of carbonyl (C=O) groups is 1. The number of aliphatic hydroxyl groups is 1. The smallest absolute Gasteiger partial charge is 0.330 e. The molecule has 1 rings (SSSR count). The van der Waals surface area contributed by atoms with E-state index in [1.165, 1.54) is 76.7 Å². The van der Waals surface area contributed by atoms with E-state index in [9.17, 15) is 4.79 Å². The number of hydrogen-bond acceptors (Lipinski definition) is 4. The van der Waals surface area contributed by atoms with Crippen LogP contribution in [0.25, 0.3) is 6.08 Å². The lowest BCUT2D eigenvalue weighted by Gasteiger charge is -2.06. The minimum Gasteiger partial charge on any atom is -0.494 e. The number of rotatable bonds is 18. The zero-order valence-corrected chi connectivity index (χ0v) is 18.2. The fourth-order valence-electron chi connectivity index (χ4n) is 3.17. The summed E-state index contributed by atoms with van der Waals surface area (Å²) in [5.74, 6) is 0.402. The molecule has 0 unspecified atom stereocenters. The summed E-state index contributed by atoms with van der Waals surface area (Å²) in [6.07, 6.45) is 19.2. The minimum absolute atomic E-state index is 0.0229. The molecule has 0 heterocycles. The predicted octanol–water partition coefficient (Wildman–Crippen LogP) is 6.32. The first-order valence-corrected chi connectivity index (χ1v) is 11.4. The quantitative estimate of drug-likeness (QED) is 0.177. The second-order valence-corrected chi connectivity index (χ2v) is 7.53. The Morgan fingerprint density at radius 3 is 1.93 bits per heavy atom. The first-order valence-electron chi connectivity index (χ1n) is 11.4. The maximum Gasteiger partial charge on any atom is 0.330 e. The van der Waals surface area contributed by atoms with Gasteiger partial charge in [0, 0.05) is 6.08 Å². The third-order valence-electron chi connectivity index (χ3n) is 4.89. The molecule has 0 aliphatic rings. The van der Waals surface area contributed by atoms with Gasteiger partial charge in [0.2, 0.25) is 0 Å². The van der Waals surface area contributed by atoms with E-state index in [0.29, 0.717) is 0 Å². The first-order chi connectivity index (χ1) is 14.3. The number of esters is 1. The normalized spacial score (nSPS) is 11.1. The predicted molar refractivity (Wildman–Crippen MR) is 120 cm³/mol. The summed E-state index contributed by atoms with van der Waals surface area (Å²) in [7, 11) is 0. The van der Waals surface area contributed by atoms with E-state index in [4.69, 9.17) is 14.6 Å². The van der Waals surface area contributed by atoms with Crippen LogP contribution in [0.1, 0.15) is 89.5 Å². The molecule has 0 radical (unpaired) electrons. The minimum atomic E-state index is -0.452. The van der Waals surface area contributed by atoms with Crippen molar-refractivity contribution in [3.63, 3.8) is 0 Å². The molecule has 0 aromatic heterocycles. The SMILES string of the molecule is CCCCCCCCCCCCCCOc1ccc(/C=C/C(=O)OCCO)cc1. The highest BCUT2D eigenvalue weighted by Gasteiger charge is 1.98. The molecule has 0 aliphatic carbocycles. The van der Waals surface area contributed by atoms with E-state index in [2.05, 4.69) is 6.92 Å². The lowest BCUT2D eigenvalue weighted by atomic mass is 10.1. The van der Waals surface area contributed by atoms with Crippen LogP contribution in [-0.2, 0) is 9.53 Å². The van der Waals surface area contributed by atoms with Crippen molar-refractivity contribution in [2.75, 3.05) is 19.8 Å². The molecule has 1 aromatic rings. The summed E-state index contributed by atoms with van der Waals surface area (Å²) >= 11 is 0. The zero-order chi connectivity index (χ0) is 21.0. The lowest BCUT2D eigenvalue weighted by Crippen LogP contribution is -2.04. The van der Waals surface area contributed by atoms with Crippen LogP contribution in [-0.4, -0.2) is 30.9 Å². The van der Waals surface area contributed by atoms with E-state index in [1.54, 1.807) is 6.08 Å². The Kier molecular flexibility index (Phi) is 15.9. The molecule has 164 valence electrons. The van der Waals surface area contributed by atoms with Gasteiger partial charge in [-0.3, -0.25) is 0 Å². The van der Waals surface area contributed by atoms with Gasteiger partial charge >= 0.3 is 5.97 Å². The molecule has 0 atom stereocenters. The van der Waals surface area contributed by atoms with Gasteiger partial charge in [-0.15, -0.1) is 0 Å². The van der Waals surface area contributed by atoms with Gasteiger partial charge in [-0.1, -0.05) is 89.7 Å². The van der Waals surface area contributed by atoms with E-state index >= 15 is 0 Å². The lowest BCUT2D eigenvalue weighted by molar-refractivity contribution is -0.138. The number of benzene rings is 1. The van der Waals surface area contributed by atoms with Crippen molar-refractivity contribution in [1.29, 1.82) is 0 Å². The molecule has 0 spiro atoms. The van der Waals surface area contributed by atoms with Crippen molar-refractivity contribution in [3.05, 3.63) is 35.9 Å². The van der Waals surface area contributed by atoms with Crippen LogP contribution in [0.3, 0.4) is 0 Å². The van der Waals surface area contributed by atoms with Crippen molar-refractivity contribution in [2.24, 2.45) is 0 Å². The molecule has 0 bridgehead atoms. The average molecular weight is 405 g/mol. The summed E-state index contributed by atoms with van der Waals surface area (Å²) in [5, 5.41) is 8.61. The first kappa shape index (κ1) is 25.2. The Bertz CT molecular complexity index is 536. The Balaban J connectivity index is 1.99. The van der Waals surface area contributed by atoms with Crippen molar-refractivity contribution in [2.45, 2.75) is 84.0 Å². The number of carbonyl (C=O) groups excluding carboxylic acids is 1. The molecule has 1 N–H and O–H groups in total. The van der Waals surface area contributed by atoms with Crippen LogP contribution in [0.2, 0.25) is 0 Å². The largest absolute Gasteiger partial charge is 0.494 e. The Morgan fingerprint density at radius 2 is 1.38 bits per heavy atom. The Labute approximate surface area is 177 Å². The van der Waals surface area contributed by atoms with Gasteiger partial charge in [0.05, 0.1) is 13.2 Å². The maximum atomic E-state index is 11.3. The third-order valence-corrected chi connectivity index (χ3v) is 4.89. The van der Waals surface area contributed by atoms with Crippen molar-refractivity contribution in [3.8, 4) is 5.75 Å². The molecular weight excluding hydrogens is 364 g/mol. The molecule has 0 amide bonds. The van der Waals surface area contributed by atoms with Gasteiger partial charge in [0.25, 0.3) is 0 Å². The Morgan fingerprint density at radius 1 is 0.828 bits per heavy atom. The highest BCUT2D eigenvalue weighted by atomic mass is 16.5. The standard InChI is InChI=1S/C25H40O4/c1-2-3-4-5-6-7-8-9-10-11-12-13-21-28-24-17-14-23(15-18-24)16-19-25(27)29-22-20-26/h14-19,26H,2-13,20-22H2,1H3/b19-16+. The Hall–Kier alpha value is -1.81. The van der Waals surface area contributed by atoms with Gasteiger partial charge in [-0.25, -0.2) is 4.79 Å². The summed E-state index contributed by atoms with van der Waals surface area (Å²) in [6.45, 7) is 2.88. The number of ether oxygens (including phenoxy) is 2. The van der Waals surface area contributed by atoms with Crippen LogP contribution < -0.4 is 4.74 Å². The molecule has 4 heteroatoms. The summed E-state index contributed by atoms with van der Waals surface area (Å²) in [4.78, 5) is 11.3. The van der Waals surface area contributed by atoms with E-state index < -0.39 is 5.97 Å². The number of aliphatic hydroxyl groups excluding tert-OH is 1. The molecule has 4 nitrogen and oxygen atoms in total. The van der Waals surface area contributed by atoms with Crippen LogP contribution in [0.5, 0.6) is 5.75 Å². The highest BCUT2D eigenvalue weighted by molar-refractivity contribution is 5.87. The van der Waals surface area contributed by atoms with Gasteiger partial charge in [-0.2, -0.15) is 0 Å². The van der Waals surface area contributed by atoms with E-state index in [-0.39, 0.29) is 13.2 Å². The molecule has 0 saturated carbocycles. The van der Waals surface area contributed by atoms with E-state index in [1.807, 2.05) is 24.3 Å².